The summed E-state index contributed by atoms with van der Waals surface area (Å²) in [5.41, 5.74) is 1.36. The Labute approximate surface area is 154 Å². The molecule has 26 heavy (non-hydrogen) atoms. The van der Waals surface area contributed by atoms with Gasteiger partial charge in [0.25, 0.3) is 0 Å². The highest BCUT2D eigenvalue weighted by Gasteiger charge is 2.33. The van der Waals surface area contributed by atoms with Crippen LogP contribution in [-0.4, -0.2) is 21.6 Å². The number of carbonyl (C=O) groups is 1. The van der Waals surface area contributed by atoms with Crippen LogP contribution in [0.5, 0.6) is 0 Å². The van der Waals surface area contributed by atoms with Crippen LogP contribution >= 0.6 is 0 Å². The van der Waals surface area contributed by atoms with Crippen LogP contribution in [0.25, 0.3) is 11.0 Å². The third-order valence-electron chi connectivity index (χ3n) is 5.64. The van der Waals surface area contributed by atoms with E-state index in [1.807, 2.05) is 6.92 Å². The van der Waals surface area contributed by atoms with Gasteiger partial charge in [-0.2, -0.15) is 0 Å². The van der Waals surface area contributed by atoms with Crippen molar-refractivity contribution in [3.05, 3.63) is 29.8 Å². The molecule has 1 unspecified atom stereocenters. The summed E-state index contributed by atoms with van der Waals surface area (Å²) in [6.07, 6.45) is 3.88. The summed E-state index contributed by atoms with van der Waals surface area (Å²) < 4.78 is 21.4. The Balaban J connectivity index is 1.79. The number of carbonyl (C=O) groups excluding carboxylic acids is 1. The summed E-state index contributed by atoms with van der Waals surface area (Å²) in [5.74, 6) is 1.69. The molecule has 142 valence electrons. The second kappa shape index (κ2) is 7.77. The van der Waals surface area contributed by atoms with E-state index in [4.69, 9.17) is 4.74 Å². The van der Waals surface area contributed by atoms with Crippen molar-refractivity contribution in [2.24, 2.45) is 17.8 Å². The summed E-state index contributed by atoms with van der Waals surface area (Å²) >= 11 is 0. The van der Waals surface area contributed by atoms with Gasteiger partial charge >= 0.3 is 5.97 Å². The normalized spacial score (nSPS) is 23.5. The van der Waals surface area contributed by atoms with Crippen LogP contribution in [0.1, 0.15) is 52.8 Å². The molecule has 0 aliphatic heterocycles. The standard InChI is InChI=1S/C21H29FN2O2/c1-5-20-23-17-9-7-15(22)11-18(17)24(20)12-21(25)26-19-10-14(4)6-8-16(19)13(2)3/h7,9,11,13-14,16,19H,5-6,8,10,12H2,1-4H3/t14-,16?,19-/m1/s1. The summed E-state index contributed by atoms with van der Waals surface area (Å²) in [6, 6.07) is 4.49. The average Bonchev–Trinajstić information content (AvgIpc) is 2.91. The monoisotopic (exact) mass is 360 g/mol. The summed E-state index contributed by atoms with van der Waals surface area (Å²) in [7, 11) is 0. The van der Waals surface area contributed by atoms with Gasteiger partial charge < -0.3 is 9.30 Å². The number of ether oxygens (including phenoxy) is 1. The molecule has 0 radical (unpaired) electrons. The van der Waals surface area contributed by atoms with E-state index in [0.717, 1.165) is 18.7 Å². The topological polar surface area (TPSA) is 44.1 Å². The summed E-state index contributed by atoms with van der Waals surface area (Å²) in [5, 5.41) is 0. The minimum Gasteiger partial charge on any atom is -0.461 e. The zero-order chi connectivity index (χ0) is 18.8. The first-order valence-corrected chi connectivity index (χ1v) is 9.73. The first kappa shape index (κ1) is 18.9. The van der Waals surface area contributed by atoms with Crippen LogP contribution in [0.15, 0.2) is 18.2 Å². The smallest absolute Gasteiger partial charge is 0.326 e. The highest BCUT2D eigenvalue weighted by atomic mass is 19.1. The first-order valence-electron chi connectivity index (χ1n) is 9.73. The highest BCUT2D eigenvalue weighted by molar-refractivity contribution is 5.79. The quantitative estimate of drug-likeness (QED) is 0.723. The van der Waals surface area contributed by atoms with Gasteiger partial charge in [-0.25, -0.2) is 9.37 Å². The maximum Gasteiger partial charge on any atom is 0.326 e. The van der Waals surface area contributed by atoms with E-state index < -0.39 is 0 Å². The molecule has 1 fully saturated rings. The number of rotatable bonds is 5. The third kappa shape index (κ3) is 3.92. The number of nitrogens with zero attached hydrogens (tertiary/aromatic N) is 2. The van der Waals surface area contributed by atoms with E-state index in [0.29, 0.717) is 35.2 Å². The Morgan fingerprint density at radius 1 is 1.38 bits per heavy atom. The van der Waals surface area contributed by atoms with Gasteiger partial charge in [0.1, 0.15) is 24.3 Å². The van der Waals surface area contributed by atoms with Crippen molar-refractivity contribution in [3.63, 3.8) is 0 Å². The van der Waals surface area contributed by atoms with Crippen molar-refractivity contribution in [2.45, 2.75) is 66.0 Å². The molecule has 0 amide bonds. The van der Waals surface area contributed by atoms with Crippen molar-refractivity contribution in [3.8, 4) is 0 Å². The van der Waals surface area contributed by atoms with Crippen LogP contribution in [0.3, 0.4) is 0 Å². The second-order valence-corrected chi connectivity index (χ2v) is 7.96. The lowest BCUT2D eigenvalue weighted by atomic mass is 9.75. The Kier molecular flexibility index (Phi) is 5.64. The number of esters is 1. The summed E-state index contributed by atoms with van der Waals surface area (Å²) in [6.45, 7) is 8.68. The molecule has 1 heterocycles. The number of halogens is 1. The molecular formula is C21H29FN2O2. The molecule has 1 aromatic heterocycles. The molecule has 1 aliphatic rings. The first-order chi connectivity index (χ1) is 12.4. The molecule has 2 aromatic rings. The van der Waals surface area contributed by atoms with Gasteiger partial charge in [-0.1, -0.05) is 34.1 Å². The zero-order valence-electron chi connectivity index (χ0n) is 16.2. The molecule has 5 heteroatoms. The van der Waals surface area contributed by atoms with Gasteiger partial charge in [-0.05, 0) is 48.8 Å². The van der Waals surface area contributed by atoms with Gasteiger partial charge in [0.15, 0.2) is 0 Å². The molecule has 3 atom stereocenters. The van der Waals surface area contributed by atoms with E-state index >= 15 is 0 Å². The molecule has 3 rings (SSSR count). The van der Waals surface area contributed by atoms with E-state index in [1.165, 1.54) is 18.6 Å². The maximum atomic E-state index is 13.7. The van der Waals surface area contributed by atoms with Crippen molar-refractivity contribution in [2.75, 3.05) is 0 Å². The van der Waals surface area contributed by atoms with Crippen LogP contribution in [0.4, 0.5) is 4.39 Å². The lowest BCUT2D eigenvalue weighted by molar-refractivity contribution is -0.156. The lowest BCUT2D eigenvalue weighted by Crippen LogP contribution is -2.36. The van der Waals surface area contributed by atoms with Gasteiger partial charge in [0, 0.05) is 6.42 Å². The Morgan fingerprint density at radius 2 is 2.15 bits per heavy atom. The molecule has 1 saturated carbocycles. The van der Waals surface area contributed by atoms with Crippen LogP contribution in [-0.2, 0) is 22.5 Å². The zero-order valence-corrected chi connectivity index (χ0v) is 16.2. The predicted octanol–water partition coefficient (Wildman–Crippen LogP) is 4.74. The third-order valence-corrected chi connectivity index (χ3v) is 5.64. The number of hydrogen-bond donors (Lipinski definition) is 0. The van der Waals surface area contributed by atoms with E-state index in [-0.39, 0.29) is 24.4 Å². The minimum atomic E-state index is -0.323. The maximum absolute atomic E-state index is 13.7. The fourth-order valence-electron chi connectivity index (χ4n) is 4.18. The van der Waals surface area contributed by atoms with Crippen molar-refractivity contribution in [1.82, 2.24) is 9.55 Å². The molecular weight excluding hydrogens is 331 g/mol. The average molecular weight is 360 g/mol. The van der Waals surface area contributed by atoms with Crippen LogP contribution in [0, 0.1) is 23.6 Å². The van der Waals surface area contributed by atoms with Crippen LogP contribution in [0.2, 0.25) is 0 Å². The predicted molar refractivity (Wildman–Crippen MR) is 100 cm³/mol. The van der Waals surface area contributed by atoms with Gasteiger partial charge in [0.05, 0.1) is 11.0 Å². The van der Waals surface area contributed by atoms with E-state index in [1.54, 1.807) is 10.6 Å². The van der Waals surface area contributed by atoms with Crippen LogP contribution < -0.4 is 0 Å². The van der Waals surface area contributed by atoms with Gasteiger partial charge in [-0.15, -0.1) is 0 Å². The Bertz CT molecular complexity index is 784. The van der Waals surface area contributed by atoms with Gasteiger partial charge in [0.2, 0.25) is 0 Å². The van der Waals surface area contributed by atoms with E-state index in [9.17, 15) is 9.18 Å². The molecule has 0 saturated heterocycles. The highest BCUT2D eigenvalue weighted by Crippen LogP contribution is 2.35. The fraction of sp³-hybridized carbons (Fsp3) is 0.619. The largest absolute Gasteiger partial charge is 0.461 e. The number of benzene rings is 1. The number of aryl methyl sites for hydroxylation is 1. The van der Waals surface area contributed by atoms with Gasteiger partial charge in [-0.3, -0.25) is 4.79 Å². The van der Waals surface area contributed by atoms with Crippen molar-refractivity contribution >= 4 is 17.0 Å². The second-order valence-electron chi connectivity index (χ2n) is 7.96. The van der Waals surface area contributed by atoms with Crippen molar-refractivity contribution in [1.29, 1.82) is 0 Å². The Hall–Kier alpha value is -1.91. The molecule has 0 N–H and O–H groups in total. The molecule has 1 aromatic carbocycles. The SMILES string of the molecule is CCc1nc2ccc(F)cc2n1CC(=O)O[C@@H]1C[C@H](C)CCC1C(C)C. The molecule has 4 nitrogen and oxygen atoms in total. The molecule has 0 spiro atoms. The minimum absolute atomic E-state index is 0.0251. The molecule has 1 aliphatic carbocycles. The van der Waals surface area contributed by atoms with Crippen molar-refractivity contribution < 1.29 is 13.9 Å². The Morgan fingerprint density at radius 3 is 2.85 bits per heavy atom. The fourth-order valence-corrected chi connectivity index (χ4v) is 4.18. The molecule has 0 bridgehead atoms. The number of aromatic nitrogens is 2. The number of hydrogen-bond acceptors (Lipinski definition) is 3. The van der Waals surface area contributed by atoms with E-state index in [2.05, 4.69) is 25.8 Å². The number of imidazole rings is 1. The number of fused-ring (bicyclic) bond motifs is 1. The summed E-state index contributed by atoms with van der Waals surface area (Å²) in [4.78, 5) is 17.2. The lowest BCUT2D eigenvalue weighted by Gasteiger charge is -2.36.